The first-order chi connectivity index (χ1) is 17.7. The van der Waals surface area contributed by atoms with Crippen molar-refractivity contribution in [2.75, 3.05) is 18.4 Å². The topological polar surface area (TPSA) is 102 Å². The molecule has 2 aromatic carbocycles. The molecule has 0 spiro atoms. The number of hydrogen-bond donors (Lipinski definition) is 2. The van der Waals surface area contributed by atoms with Crippen molar-refractivity contribution < 1.29 is 19.1 Å². The number of carbonyl (C=O) groups is 3. The van der Waals surface area contributed by atoms with Gasteiger partial charge in [0.1, 0.15) is 0 Å². The van der Waals surface area contributed by atoms with Crippen LogP contribution >= 0.6 is 23.2 Å². The van der Waals surface area contributed by atoms with Gasteiger partial charge in [-0.3, -0.25) is 9.59 Å². The van der Waals surface area contributed by atoms with Gasteiger partial charge >= 0.3 is 6.09 Å². The summed E-state index contributed by atoms with van der Waals surface area (Å²) in [7, 11) is 0. The molecule has 9 heteroatoms. The van der Waals surface area contributed by atoms with E-state index in [4.69, 9.17) is 33.7 Å². The number of primary amides is 1. The Hall–Kier alpha value is -2.77. The van der Waals surface area contributed by atoms with E-state index in [9.17, 15) is 14.4 Å². The zero-order valence-electron chi connectivity index (χ0n) is 20.6. The second-order valence-electron chi connectivity index (χ2n) is 10.5. The number of nitrogens with zero attached hydrogens (tertiary/aromatic N) is 1. The summed E-state index contributed by atoms with van der Waals surface area (Å²) >= 11 is 12.5. The van der Waals surface area contributed by atoms with Crippen LogP contribution < -0.4 is 11.1 Å². The summed E-state index contributed by atoms with van der Waals surface area (Å²) in [6.45, 7) is 0.816. The Morgan fingerprint density at radius 2 is 1.81 bits per heavy atom. The standard InChI is InChI=1S/C28H31Cl2N3O4/c29-20-8-4-6-18(14-20)16-28(22-10-9-21(30)15-23(22)32-25(28)35)19-7-5-13-33(17-19)26(36)37-27(24(31)34)11-2-1-3-12-27/h4,6,8-10,14-15,19H,1-3,5,7,11-13,16-17H2,(H2,31,34)(H,32,35). The molecule has 3 N–H and O–H groups in total. The first-order valence-corrected chi connectivity index (χ1v) is 13.6. The average Bonchev–Trinajstić information content (AvgIpc) is 3.15. The van der Waals surface area contributed by atoms with E-state index in [0.29, 0.717) is 54.5 Å². The molecule has 2 fully saturated rings. The number of ether oxygens (including phenoxy) is 1. The number of anilines is 1. The van der Waals surface area contributed by atoms with Gasteiger partial charge in [-0.15, -0.1) is 0 Å². The highest BCUT2D eigenvalue weighted by Crippen LogP contribution is 2.49. The highest BCUT2D eigenvalue weighted by Gasteiger charge is 2.54. The quantitative estimate of drug-likeness (QED) is 0.522. The summed E-state index contributed by atoms with van der Waals surface area (Å²) in [6.07, 6.45) is 4.80. The molecule has 2 aromatic rings. The van der Waals surface area contributed by atoms with Crippen LogP contribution in [0.25, 0.3) is 0 Å². The summed E-state index contributed by atoms with van der Waals surface area (Å²) in [5.74, 6) is -0.899. The molecule has 5 rings (SSSR count). The van der Waals surface area contributed by atoms with Gasteiger partial charge in [0.15, 0.2) is 5.60 Å². The third-order valence-corrected chi connectivity index (χ3v) is 8.73. The fraction of sp³-hybridized carbons (Fsp3) is 0.464. The van der Waals surface area contributed by atoms with Crippen LogP contribution in [0.15, 0.2) is 42.5 Å². The van der Waals surface area contributed by atoms with Gasteiger partial charge in [-0.25, -0.2) is 4.79 Å². The maximum Gasteiger partial charge on any atom is 0.410 e. The van der Waals surface area contributed by atoms with E-state index in [2.05, 4.69) is 5.32 Å². The third kappa shape index (κ3) is 4.79. The summed E-state index contributed by atoms with van der Waals surface area (Å²) in [4.78, 5) is 41.1. The first kappa shape index (κ1) is 25.9. The molecule has 196 valence electrons. The molecule has 7 nitrogen and oxygen atoms in total. The summed E-state index contributed by atoms with van der Waals surface area (Å²) in [6, 6.07) is 13.0. The Morgan fingerprint density at radius 1 is 1.05 bits per heavy atom. The van der Waals surface area contributed by atoms with Gasteiger partial charge in [0.2, 0.25) is 5.91 Å². The normalized spacial score (nSPS) is 24.8. The van der Waals surface area contributed by atoms with Crippen molar-refractivity contribution in [3.63, 3.8) is 0 Å². The zero-order valence-corrected chi connectivity index (χ0v) is 22.1. The van der Waals surface area contributed by atoms with Crippen molar-refractivity contribution in [2.24, 2.45) is 11.7 Å². The number of fused-ring (bicyclic) bond motifs is 1. The van der Waals surface area contributed by atoms with Gasteiger partial charge in [0.25, 0.3) is 5.91 Å². The van der Waals surface area contributed by atoms with E-state index in [1.165, 1.54) is 0 Å². The van der Waals surface area contributed by atoms with Crippen molar-refractivity contribution in [1.29, 1.82) is 0 Å². The van der Waals surface area contributed by atoms with Gasteiger partial charge in [0.05, 0.1) is 5.41 Å². The molecule has 2 unspecified atom stereocenters. The number of rotatable bonds is 5. The second kappa shape index (κ2) is 10.2. The number of nitrogens with two attached hydrogens (primary N) is 1. The van der Waals surface area contributed by atoms with Gasteiger partial charge in [-0.1, -0.05) is 47.8 Å². The van der Waals surface area contributed by atoms with Crippen LogP contribution in [-0.2, 0) is 26.2 Å². The lowest BCUT2D eigenvalue weighted by Gasteiger charge is -2.43. The Balaban J connectivity index is 1.47. The smallest absolute Gasteiger partial charge is 0.410 e. The molecule has 0 aromatic heterocycles. The van der Waals surface area contributed by atoms with E-state index in [1.54, 1.807) is 23.1 Å². The number of carbonyl (C=O) groups excluding carboxylic acids is 3. The van der Waals surface area contributed by atoms with Crippen LogP contribution in [0.2, 0.25) is 10.0 Å². The summed E-state index contributed by atoms with van der Waals surface area (Å²) < 4.78 is 5.85. The van der Waals surface area contributed by atoms with Crippen molar-refractivity contribution in [3.8, 4) is 0 Å². The van der Waals surface area contributed by atoms with Crippen LogP contribution in [0.3, 0.4) is 0 Å². The molecule has 0 bridgehead atoms. The van der Waals surface area contributed by atoms with E-state index in [-0.39, 0.29) is 11.8 Å². The Kier molecular flexibility index (Phi) is 7.12. The molecule has 1 aliphatic carbocycles. The van der Waals surface area contributed by atoms with Crippen LogP contribution in [-0.4, -0.2) is 41.5 Å². The van der Waals surface area contributed by atoms with E-state index >= 15 is 0 Å². The van der Waals surface area contributed by atoms with Crippen LogP contribution in [0, 0.1) is 5.92 Å². The van der Waals surface area contributed by atoms with Crippen molar-refractivity contribution in [2.45, 2.75) is 62.4 Å². The number of hydrogen-bond acceptors (Lipinski definition) is 4. The molecule has 3 aliphatic rings. The van der Waals surface area contributed by atoms with Gasteiger partial charge < -0.3 is 20.7 Å². The number of likely N-dealkylation sites (tertiary alicyclic amines) is 1. The molecule has 1 saturated carbocycles. The van der Waals surface area contributed by atoms with Crippen LogP contribution in [0.4, 0.5) is 10.5 Å². The summed E-state index contributed by atoms with van der Waals surface area (Å²) in [5, 5.41) is 4.18. The molecular weight excluding hydrogens is 513 g/mol. The minimum Gasteiger partial charge on any atom is -0.433 e. The maximum atomic E-state index is 13.8. The number of benzene rings is 2. The molecule has 2 aliphatic heterocycles. The Morgan fingerprint density at radius 3 is 2.54 bits per heavy atom. The number of piperidine rings is 1. The predicted octanol–water partition coefficient (Wildman–Crippen LogP) is 5.46. The Labute approximate surface area is 226 Å². The van der Waals surface area contributed by atoms with Crippen molar-refractivity contribution >= 4 is 46.8 Å². The molecule has 37 heavy (non-hydrogen) atoms. The van der Waals surface area contributed by atoms with Gasteiger partial charge in [0, 0.05) is 28.8 Å². The lowest BCUT2D eigenvalue weighted by Crippen LogP contribution is -2.55. The molecule has 1 saturated heterocycles. The first-order valence-electron chi connectivity index (χ1n) is 12.9. The minimum absolute atomic E-state index is 0.120. The highest BCUT2D eigenvalue weighted by molar-refractivity contribution is 6.31. The second-order valence-corrected chi connectivity index (χ2v) is 11.4. The predicted molar refractivity (Wildman–Crippen MR) is 143 cm³/mol. The van der Waals surface area contributed by atoms with E-state index < -0.39 is 23.0 Å². The average molecular weight is 544 g/mol. The number of halogens is 2. The van der Waals surface area contributed by atoms with Crippen LogP contribution in [0.5, 0.6) is 0 Å². The zero-order chi connectivity index (χ0) is 26.2. The maximum absolute atomic E-state index is 13.8. The third-order valence-electron chi connectivity index (χ3n) is 8.26. The molecular formula is C28H31Cl2N3O4. The van der Waals surface area contributed by atoms with E-state index in [0.717, 1.165) is 36.8 Å². The van der Waals surface area contributed by atoms with Crippen molar-refractivity contribution in [3.05, 3.63) is 63.6 Å². The number of amides is 3. The Bertz CT molecular complexity index is 1230. The fourth-order valence-corrected chi connectivity index (χ4v) is 6.74. The summed E-state index contributed by atoms with van der Waals surface area (Å²) in [5.41, 5.74) is 6.01. The molecule has 2 heterocycles. The van der Waals surface area contributed by atoms with Gasteiger partial charge in [-0.05, 0) is 86.3 Å². The largest absolute Gasteiger partial charge is 0.433 e. The SMILES string of the molecule is NC(=O)C1(OC(=O)N2CCCC(C3(Cc4cccc(Cl)c4)C(=O)Nc4cc(Cl)ccc43)C2)CCCCC1. The fourth-order valence-electron chi connectivity index (χ4n) is 6.36. The van der Waals surface area contributed by atoms with Gasteiger partial charge in [-0.2, -0.15) is 0 Å². The van der Waals surface area contributed by atoms with Crippen LogP contribution in [0.1, 0.15) is 56.1 Å². The minimum atomic E-state index is -1.26. The van der Waals surface area contributed by atoms with Crippen molar-refractivity contribution in [1.82, 2.24) is 4.90 Å². The lowest BCUT2D eigenvalue weighted by molar-refractivity contribution is -0.141. The lowest BCUT2D eigenvalue weighted by atomic mass is 9.65. The molecule has 3 amide bonds. The molecule has 0 radical (unpaired) electrons. The molecule has 2 atom stereocenters. The number of nitrogens with one attached hydrogen (secondary N) is 1. The highest BCUT2D eigenvalue weighted by atomic mass is 35.5. The van der Waals surface area contributed by atoms with E-state index in [1.807, 2.05) is 24.3 Å². The monoisotopic (exact) mass is 543 g/mol.